The average molecular weight is 299 g/mol. The first-order valence-electron chi connectivity index (χ1n) is 6.86. The molecular weight excluding hydrogens is 283 g/mol. The number of likely N-dealkylation sites (tertiary alicyclic amines) is 1. The number of hydrogen-bond donors (Lipinski definition) is 1. The number of rotatable bonds is 3. The minimum Gasteiger partial charge on any atom is -0.382 e. The fraction of sp³-hybridized carbons (Fsp3) is 0.500. The van der Waals surface area contributed by atoms with Gasteiger partial charge in [-0.2, -0.15) is 13.2 Å². The van der Waals surface area contributed by atoms with Crippen LogP contribution in [-0.4, -0.2) is 44.3 Å². The Morgan fingerprint density at radius 1 is 1.38 bits per heavy atom. The molecule has 4 nitrogen and oxygen atoms in total. The molecular formula is C14H16F3N3O. The van der Waals surface area contributed by atoms with Crippen LogP contribution in [0.4, 0.5) is 13.2 Å². The fourth-order valence-electron chi connectivity index (χ4n) is 2.90. The number of fused-ring (bicyclic) bond motifs is 1. The minimum absolute atomic E-state index is 0.319. The van der Waals surface area contributed by atoms with Crippen molar-refractivity contribution in [2.75, 3.05) is 6.54 Å². The number of aromatic nitrogens is 2. The van der Waals surface area contributed by atoms with E-state index in [-0.39, 0.29) is 0 Å². The summed E-state index contributed by atoms with van der Waals surface area (Å²) in [4.78, 5) is 6.06. The van der Waals surface area contributed by atoms with E-state index in [0.717, 1.165) is 5.65 Å². The Morgan fingerprint density at radius 3 is 2.90 bits per heavy atom. The van der Waals surface area contributed by atoms with Crippen molar-refractivity contribution < 1.29 is 18.3 Å². The first kappa shape index (κ1) is 14.3. The lowest BCUT2D eigenvalue weighted by Gasteiger charge is -2.29. The van der Waals surface area contributed by atoms with Crippen LogP contribution < -0.4 is 0 Å². The summed E-state index contributed by atoms with van der Waals surface area (Å²) in [6.45, 7) is 0.866. The van der Waals surface area contributed by atoms with Crippen molar-refractivity contribution in [1.82, 2.24) is 14.3 Å². The lowest BCUT2D eigenvalue weighted by molar-refractivity contribution is -0.219. The van der Waals surface area contributed by atoms with Gasteiger partial charge in [0, 0.05) is 25.0 Å². The zero-order valence-electron chi connectivity index (χ0n) is 11.3. The number of alkyl halides is 3. The van der Waals surface area contributed by atoms with Crippen molar-refractivity contribution >= 4 is 5.65 Å². The Hall–Kier alpha value is -1.60. The van der Waals surface area contributed by atoms with Gasteiger partial charge in [0.2, 0.25) is 0 Å². The van der Waals surface area contributed by atoms with Crippen molar-refractivity contribution in [3.05, 3.63) is 36.3 Å². The molecule has 21 heavy (non-hydrogen) atoms. The van der Waals surface area contributed by atoms with Crippen LogP contribution in [0.25, 0.3) is 5.65 Å². The summed E-state index contributed by atoms with van der Waals surface area (Å²) in [5.41, 5.74) is 1.47. The molecule has 2 atom stereocenters. The van der Waals surface area contributed by atoms with Crippen LogP contribution in [0.5, 0.6) is 0 Å². The Kier molecular flexibility index (Phi) is 3.62. The van der Waals surface area contributed by atoms with Crippen LogP contribution in [-0.2, 0) is 6.54 Å². The summed E-state index contributed by atoms with van der Waals surface area (Å²) in [6.07, 6.45) is -2.20. The minimum atomic E-state index is -4.58. The summed E-state index contributed by atoms with van der Waals surface area (Å²) >= 11 is 0. The van der Waals surface area contributed by atoms with E-state index < -0.39 is 18.3 Å². The number of hydrogen-bond acceptors (Lipinski definition) is 3. The van der Waals surface area contributed by atoms with Crippen LogP contribution >= 0.6 is 0 Å². The normalized spacial score (nSPS) is 22.0. The Morgan fingerprint density at radius 2 is 2.19 bits per heavy atom. The van der Waals surface area contributed by atoms with Gasteiger partial charge in [0.05, 0.1) is 5.69 Å². The highest BCUT2D eigenvalue weighted by Crippen LogP contribution is 2.31. The van der Waals surface area contributed by atoms with Gasteiger partial charge in [-0.25, -0.2) is 4.98 Å². The van der Waals surface area contributed by atoms with Gasteiger partial charge in [0.1, 0.15) is 5.65 Å². The summed E-state index contributed by atoms with van der Waals surface area (Å²) < 4.78 is 39.9. The molecule has 2 aromatic rings. The predicted molar refractivity (Wildman–Crippen MR) is 70.7 cm³/mol. The van der Waals surface area contributed by atoms with Crippen LogP contribution in [0.2, 0.25) is 0 Å². The van der Waals surface area contributed by atoms with E-state index in [1.54, 1.807) is 4.90 Å². The van der Waals surface area contributed by atoms with Crippen molar-refractivity contribution in [3.63, 3.8) is 0 Å². The molecule has 0 radical (unpaired) electrons. The molecule has 0 saturated carbocycles. The molecule has 1 aliphatic rings. The summed E-state index contributed by atoms with van der Waals surface area (Å²) in [5.74, 6) is 0. The third kappa shape index (κ3) is 2.89. The van der Waals surface area contributed by atoms with Gasteiger partial charge >= 0.3 is 6.18 Å². The molecule has 0 aliphatic carbocycles. The number of aliphatic hydroxyl groups excluding tert-OH is 1. The predicted octanol–water partition coefficient (Wildman–Crippen LogP) is 2.22. The van der Waals surface area contributed by atoms with E-state index in [1.807, 2.05) is 35.0 Å². The molecule has 3 heterocycles. The summed E-state index contributed by atoms with van der Waals surface area (Å²) in [7, 11) is 0. The van der Waals surface area contributed by atoms with Gasteiger partial charge in [-0.15, -0.1) is 0 Å². The SMILES string of the molecule is O[C@@H]([C@H]1CCCN1Cc1cn2ccccc2n1)C(F)(F)F. The topological polar surface area (TPSA) is 40.8 Å². The summed E-state index contributed by atoms with van der Waals surface area (Å²) in [6, 6.07) is 4.69. The Labute approximate surface area is 119 Å². The van der Waals surface area contributed by atoms with Gasteiger partial charge < -0.3 is 9.51 Å². The Balaban J connectivity index is 1.77. The molecule has 0 spiro atoms. The molecule has 114 valence electrons. The van der Waals surface area contributed by atoms with Crippen molar-refractivity contribution in [1.29, 1.82) is 0 Å². The van der Waals surface area contributed by atoms with E-state index in [2.05, 4.69) is 4.98 Å². The van der Waals surface area contributed by atoms with Crippen LogP contribution in [0.3, 0.4) is 0 Å². The molecule has 0 unspecified atom stereocenters. The highest BCUT2D eigenvalue weighted by atomic mass is 19.4. The number of pyridine rings is 1. The van der Waals surface area contributed by atoms with Crippen molar-refractivity contribution in [2.24, 2.45) is 0 Å². The quantitative estimate of drug-likeness (QED) is 0.945. The molecule has 1 N–H and O–H groups in total. The first-order valence-corrected chi connectivity index (χ1v) is 6.86. The third-order valence-electron chi connectivity index (χ3n) is 3.89. The molecule has 0 bridgehead atoms. The number of aliphatic hydroxyl groups is 1. The smallest absolute Gasteiger partial charge is 0.382 e. The highest BCUT2D eigenvalue weighted by molar-refractivity contribution is 5.39. The van der Waals surface area contributed by atoms with Crippen LogP contribution in [0.1, 0.15) is 18.5 Å². The average Bonchev–Trinajstić information content (AvgIpc) is 3.02. The molecule has 3 rings (SSSR count). The largest absolute Gasteiger partial charge is 0.415 e. The van der Waals surface area contributed by atoms with Gasteiger partial charge in [0.15, 0.2) is 6.10 Å². The molecule has 1 saturated heterocycles. The maximum atomic E-state index is 12.7. The van der Waals surface area contributed by atoms with E-state index in [9.17, 15) is 18.3 Å². The zero-order valence-corrected chi connectivity index (χ0v) is 11.3. The van der Waals surface area contributed by atoms with Crippen LogP contribution in [0, 0.1) is 0 Å². The summed E-state index contributed by atoms with van der Waals surface area (Å²) in [5, 5.41) is 9.48. The van der Waals surface area contributed by atoms with Crippen LogP contribution in [0.15, 0.2) is 30.6 Å². The lowest BCUT2D eigenvalue weighted by atomic mass is 10.1. The van der Waals surface area contributed by atoms with Crippen molar-refractivity contribution in [2.45, 2.75) is 37.7 Å². The van der Waals surface area contributed by atoms with E-state index in [1.165, 1.54) is 0 Å². The second-order valence-corrected chi connectivity index (χ2v) is 5.36. The third-order valence-corrected chi connectivity index (χ3v) is 3.89. The maximum absolute atomic E-state index is 12.7. The second-order valence-electron chi connectivity index (χ2n) is 5.36. The molecule has 2 aromatic heterocycles. The molecule has 7 heteroatoms. The lowest BCUT2D eigenvalue weighted by Crippen LogP contribution is -2.46. The first-order chi connectivity index (χ1) is 9.95. The molecule has 1 aliphatic heterocycles. The van der Waals surface area contributed by atoms with Gasteiger partial charge in [-0.3, -0.25) is 4.90 Å². The van der Waals surface area contributed by atoms with Gasteiger partial charge in [0.25, 0.3) is 0 Å². The number of halogens is 3. The van der Waals surface area contributed by atoms with Crippen molar-refractivity contribution in [3.8, 4) is 0 Å². The van der Waals surface area contributed by atoms with Gasteiger partial charge in [-0.1, -0.05) is 6.07 Å². The molecule has 0 aromatic carbocycles. The second kappa shape index (κ2) is 5.31. The maximum Gasteiger partial charge on any atom is 0.415 e. The monoisotopic (exact) mass is 299 g/mol. The molecule has 1 fully saturated rings. The standard InChI is InChI=1S/C14H16F3N3O/c15-14(16,17)13(21)11-4-3-7-19(11)8-10-9-20-6-2-1-5-12(20)18-10/h1-2,5-6,9,11,13,21H,3-4,7-8H2/t11-,13+/m1/s1. The van der Waals surface area contributed by atoms with E-state index in [4.69, 9.17) is 0 Å². The number of nitrogens with zero attached hydrogens (tertiary/aromatic N) is 3. The van der Waals surface area contributed by atoms with E-state index >= 15 is 0 Å². The number of imidazole rings is 1. The highest BCUT2D eigenvalue weighted by Gasteiger charge is 2.46. The zero-order chi connectivity index (χ0) is 15.0. The fourth-order valence-corrected chi connectivity index (χ4v) is 2.90. The Bertz CT molecular complexity index is 592. The van der Waals surface area contributed by atoms with Gasteiger partial charge in [-0.05, 0) is 31.5 Å². The molecule has 0 amide bonds. The van der Waals surface area contributed by atoms with E-state index in [0.29, 0.717) is 31.6 Å².